The minimum Gasteiger partial charge on any atom is -0.467 e. The molecule has 0 aromatic heterocycles. The summed E-state index contributed by atoms with van der Waals surface area (Å²) in [6, 6.07) is -1.43. The Kier molecular flexibility index (Phi) is 14.5. The highest BCUT2D eigenvalue weighted by atomic mass is 35.5. The van der Waals surface area contributed by atoms with Crippen LogP contribution in [0.2, 0.25) is 0 Å². The molecule has 9 N–H and O–H groups in total. The highest BCUT2D eigenvalue weighted by Gasteiger charge is 2.23. The number of nitrogens with two attached hydrogens (primary N) is 4. The summed E-state index contributed by atoms with van der Waals surface area (Å²) >= 11 is 0. The van der Waals surface area contributed by atoms with Crippen molar-refractivity contribution in [2.75, 3.05) is 20.2 Å². The van der Waals surface area contributed by atoms with Crippen molar-refractivity contribution in [3.05, 3.63) is 0 Å². The van der Waals surface area contributed by atoms with Gasteiger partial charge >= 0.3 is 5.97 Å². The fourth-order valence-corrected chi connectivity index (χ4v) is 1.81. The number of esters is 1. The van der Waals surface area contributed by atoms with Crippen molar-refractivity contribution in [3.8, 4) is 0 Å². The fourth-order valence-electron chi connectivity index (χ4n) is 1.81. The number of unbranched alkanes of at least 4 members (excludes halogenated alkanes) is 1. The maximum Gasteiger partial charge on any atom is 0.328 e. The lowest BCUT2D eigenvalue weighted by Crippen LogP contribution is -2.48. The molecule has 10 heteroatoms. The van der Waals surface area contributed by atoms with Crippen LogP contribution in [0.3, 0.4) is 0 Å². The van der Waals surface area contributed by atoms with E-state index in [0.29, 0.717) is 32.4 Å². The number of nitrogens with one attached hydrogen (secondary N) is 1. The van der Waals surface area contributed by atoms with Crippen LogP contribution in [0.15, 0.2) is 4.99 Å². The highest BCUT2D eigenvalue weighted by Crippen LogP contribution is 2.03. The Bertz CT molecular complexity index is 377. The number of nitrogens with zero attached hydrogens (tertiary/aromatic N) is 1. The summed E-state index contributed by atoms with van der Waals surface area (Å²) in [4.78, 5) is 27.5. The molecular weight excluding hydrogens is 324 g/mol. The zero-order valence-electron chi connectivity index (χ0n) is 13.5. The van der Waals surface area contributed by atoms with E-state index in [2.05, 4.69) is 15.0 Å². The third-order valence-corrected chi connectivity index (χ3v) is 3.05. The lowest BCUT2D eigenvalue weighted by Gasteiger charge is -2.19. The molecule has 0 spiro atoms. The van der Waals surface area contributed by atoms with Gasteiger partial charge in [-0.2, -0.15) is 0 Å². The number of ether oxygens (including phenoxy) is 1. The van der Waals surface area contributed by atoms with E-state index in [4.69, 9.17) is 22.9 Å². The lowest BCUT2D eigenvalue weighted by atomic mass is 10.1. The third-order valence-electron chi connectivity index (χ3n) is 3.05. The van der Waals surface area contributed by atoms with Gasteiger partial charge in [-0.3, -0.25) is 9.79 Å². The number of carbonyl (C=O) groups is 2. The summed E-state index contributed by atoms with van der Waals surface area (Å²) in [5.41, 5.74) is 21.6. The van der Waals surface area contributed by atoms with Gasteiger partial charge in [-0.25, -0.2) is 4.79 Å². The van der Waals surface area contributed by atoms with Gasteiger partial charge in [-0.15, -0.1) is 12.4 Å². The van der Waals surface area contributed by atoms with Gasteiger partial charge in [0.05, 0.1) is 13.2 Å². The number of hydrogen-bond donors (Lipinski definition) is 5. The molecule has 0 fully saturated rings. The minimum absolute atomic E-state index is 0. The molecule has 0 radical (unpaired) electrons. The summed E-state index contributed by atoms with van der Waals surface area (Å²) in [6.07, 6.45) is 2.98. The predicted octanol–water partition coefficient (Wildman–Crippen LogP) is -1.42. The molecule has 0 rings (SSSR count). The molecule has 2 atom stereocenters. The zero-order chi connectivity index (χ0) is 17.0. The van der Waals surface area contributed by atoms with Gasteiger partial charge in [0, 0.05) is 6.54 Å². The molecule has 0 bridgehead atoms. The van der Waals surface area contributed by atoms with E-state index in [1.807, 2.05) is 0 Å². The first-order valence-electron chi connectivity index (χ1n) is 7.31. The second kappa shape index (κ2) is 14.0. The quantitative estimate of drug-likeness (QED) is 0.131. The normalized spacial score (nSPS) is 12.5. The zero-order valence-corrected chi connectivity index (χ0v) is 14.3. The van der Waals surface area contributed by atoms with Gasteiger partial charge in [0.25, 0.3) is 0 Å². The summed E-state index contributed by atoms with van der Waals surface area (Å²) in [5, 5.41) is 2.60. The van der Waals surface area contributed by atoms with E-state index >= 15 is 0 Å². The van der Waals surface area contributed by atoms with Crippen molar-refractivity contribution in [2.45, 2.75) is 44.2 Å². The van der Waals surface area contributed by atoms with Crippen molar-refractivity contribution in [3.63, 3.8) is 0 Å². The Balaban J connectivity index is 0. The monoisotopic (exact) mass is 352 g/mol. The molecule has 0 aliphatic heterocycles. The van der Waals surface area contributed by atoms with E-state index in [-0.39, 0.29) is 24.3 Å². The van der Waals surface area contributed by atoms with E-state index in [0.717, 1.165) is 12.8 Å². The highest BCUT2D eigenvalue weighted by molar-refractivity contribution is 5.87. The number of rotatable bonds is 11. The second-order valence-corrected chi connectivity index (χ2v) is 4.92. The molecule has 0 heterocycles. The molecular formula is C13H29ClN6O3. The van der Waals surface area contributed by atoms with Crippen molar-refractivity contribution in [2.24, 2.45) is 27.9 Å². The topological polar surface area (TPSA) is 172 Å². The number of halogens is 1. The maximum absolute atomic E-state index is 12.0. The van der Waals surface area contributed by atoms with Crippen LogP contribution in [-0.2, 0) is 14.3 Å². The predicted molar refractivity (Wildman–Crippen MR) is 92.0 cm³/mol. The molecule has 0 aromatic carbocycles. The van der Waals surface area contributed by atoms with E-state index in [1.165, 1.54) is 7.11 Å². The van der Waals surface area contributed by atoms with Gasteiger partial charge in [0.15, 0.2) is 5.96 Å². The van der Waals surface area contributed by atoms with Crippen LogP contribution < -0.4 is 28.3 Å². The van der Waals surface area contributed by atoms with Crippen molar-refractivity contribution in [1.29, 1.82) is 0 Å². The standard InChI is InChI=1S/C13H28N6O3.ClH/c1-22-12(21)10(6-4-8-18-13(16)17)19-11(20)9(15)5-2-3-7-14;/h9-10H,2-8,14-15H2,1H3,(H,19,20)(H4,16,17,18);1H. The third kappa shape index (κ3) is 11.6. The Morgan fingerprint density at radius 1 is 1.17 bits per heavy atom. The molecule has 0 aromatic rings. The average molecular weight is 353 g/mol. The number of methoxy groups -OCH3 is 1. The van der Waals surface area contributed by atoms with Gasteiger partial charge < -0.3 is 33.0 Å². The smallest absolute Gasteiger partial charge is 0.328 e. The van der Waals surface area contributed by atoms with Crippen LogP contribution in [0, 0.1) is 0 Å². The molecule has 0 saturated carbocycles. The Morgan fingerprint density at radius 2 is 1.83 bits per heavy atom. The van der Waals surface area contributed by atoms with Gasteiger partial charge in [0.1, 0.15) is 6.04 Å². The second-order valence-electron chi connectivity index (χ2n) is 4.92. The van der Waals surface area contributed by atoms with E-state index in [9.17, 15) is 9.59 Å². The van der Waals surface area contributed by atoms with Crippen LogP contribution in [0.5, 0.6) is 0 Å². The van der Waals surface area contributed by atoms with Crippen molar-refractivity contribution >= 4 is 30.2 Å². The lowest BCUT2D eigenvalue weighted by molar-refractivity contribution is -0.145. The van der Waals surface area contributed by atoms with Crippen molar-refractivity contribution in [1.82, 2.24) is 5.32 Å². The van der Waals surface area contributed by atoms with Gasteiger partial charge in [0.2, 0.25) is 5.91 Å². The summed E-state index contributed by atoms with van der Waals surface area (Å²) in [5.74, 6) is -0.915. The van der Waals surface area contributed by atoms with Crippen LogP contribution in [0.1, 0.15) is 32.1 Å². The molecule has 1 amide bonds. The Labute approximate surface area is 143 Å². The number of guanidine groups is 1. The molecule has 0 aliphatic carbocycles. The Morgan fingerprint density at radius 3 is 2.35 bits per heavy atom. The molecule has 0 saturated heterocycles. The maximum atomic E-state index is 12.0. The fraction of sp³-hybridized carbons (Fsp3) is 0.769. The number of amides is 1. The summed E-state index contributed by atoms with van der Waals surface area (Å²) in [7, 11) is 1.26. The van der Waals surface area contributed by atoms with Gasteiger partial charge in [-0.05, 0) is 32.2 Å². The summed E-state index contributed by atoms with van der Waals surface area (Å²) < 4.78 is 4.67. The van der Waals surface area contributed by atoms with E-state index in [1.54, 1.807) is 0 Å². The Hall–Kier alpha value is -1.58. The molecule has 9 nitrogen and oxygen atoms in total. The first kappa shape index (κ1) is 23.7. The summed E-state index contributed by atoms with van der Waals surface area (Å²) in [6.45, 7) is 0.929. The van der Waals surface area contributed by atoms with Crippen LogP contribution in [0.25, 0.3) is 0 Å². The van der Waals surface area contributed by atoms with Crippen LogP contribution >= 0.6 is 12.4 Å². The van der Waals surface area contributed by atoms with Crippen LogP contribution in [0.4, 0.5) is 0 Å². The molecule has 0 aliphatic rings. The minimum atomic E-state index is -0.757. The van der Waals surface area contributed by atoms with Crippen LogP contribution in [-0.4, -0.2) is 50.1 Å². The first-order valence-corrected chi connectivity index (χ1v) is 7.31. The number of aliphatic imine (C=N–C) groups is 1. The first-order chi connectivity index (χ1) is 10.4. The van der Waals surface area contributed by atoms with E-state index < -0.39 is 18.1 Å². The SMILES string of the molecule is COC(=O)C(CCCN=C(N)N)NC(=O)C(N)CCCCN.Cl. The van der Waals surface area contributed by atoms with Crippen molar-refractivity contribution < 1.29 is 14.3 Å². The average Bonchev–Trinajstić information content (AvgIpc) is 2.49. The number of carbonyl (C=O) groups excluding carboxylic acids is 2. The molecule has 2 unspecified atom stereocenters. The number of hydrogen-bond acceptors (Lipinski definition) is 6. The van der Waals surface area contributed by atoms with Gasteiger partial charge in [-0.1, -0.05) is 6.42 Å². The largest absolute Gasteiger partial charge is 0.467 e. The molecule has 23 heavy (non-hydrogen) atoms. The molecule has 136 valence electrons.